The van der Waals surface area contributed by atoms with E-state index in [1.165, 1.54) is 41.5 Å². The topological polar surface area (TPSA) is 77.3 Å². The second kappa shape index (κ2) is 18.6. The van der Waals surface area contributed by atoms with Crippen molar-refractivity contribution in [2.45, 2.75) is 0 Å². The van der Waals surface area contributed by atoms with E-state index in [4.69, 9.17) is 29.9 Å². The van der Waals surface area contributed by atoms with Crippen molar-refractivity contribution in [2.75, 3.05) is 0 Å². The van der Waals surface area contributed by atoms with Gasteiger partial charge in [0.1, 0.15) is 0 Å². The summed E-state index contributed by atoms with van der Waals surface area (Å²) in [6, 6.07) is 90.0. The van der Waals surface area contributed by atoms with Gasteiger partial charge in [0.25, 0.3) is 0 Å². The van der Waals surface area contributed by atoms with Crippen LogP contribution >= 0.6 is 0 Å². The zero-order valence-electron chi connectivity index (χ0n) is 41.3. The van der Waals surface area contributed by atoms with Gasteiger partial charge in [0.2, 0.25) is 0 Å². The van der Waals surface area contributed by atoms with Crippen molar-refractivity contribution < 1.29 is 0 Å². The number of hydrogen-bond donors (Lipinski definition) is 0. The number of rotatable bonds is 8. The van der Waals surface area contributed by atoms with Crippen LogP contribution in [0.25, 0.3) is 153 Å². The fourth-order valence-corrected chi connectivity index (χ4v) is 13.8. The molecular formula is C70H42N6Se. The Balaban J connectivity index is 0.922. The van der Waals surface area contributed by atoms with Gasteiger partial charge in [-0.3, -0.25) is 0 Å². The van der Waals surface area contributed by atoms with E-state index in [0.29, 0.717) is 34.9 Å². The molecule has 0 fully saturated rings. The minimum atomic E-state index is 0.0485. The van der Waals surface area contributed by atoms with Gasteiger partial charge >= 0.3 is 379 Å². The second-order valence-electron chi connectivity index (χ2n) is 19.3. The summed E-state index contributed by atoms with van der Waals surface area (Å²) in [6.07, 6.45) is 0. The van der Waals surface area contributed by atoms with Gasteiger partial charge in [-0.05, 0) is 0 Å². The van der Waals surface area contributed by atoms with Gasteiger partial charge in [-0.25, -0.2) is 0 Å². The number of nitrogens with zero attached hydrogens (tertiary/aromatic N) is 6. The van der Waals surface area contributed by atoms with Gasteiger partial charge in [0, 0.05) is 0 Å². The summed E-state index contributed by atoms with van der Waals surface area (Å²) < 4.78 is 2.74. The molecule has 15 aromatic rings. The molecule has 0 atom stereocenters. The fourth-order valence-electron chi connectivity index (χ4n) is 11.4. The number of aromatic nitrogens is 6. The first-order valence-electron chi connectivity index (χ1n) is 25.8. The third-order valence-electron chi connectivity index (χ3n) is 14.8. The Bertz CT molecular complexity index is 4560. The molecule has 0 aliphatic rings. The average molecular weight is 1050 g/mol. The van der Waals surface area contributed by atoms with Crippen LogP contribution in [0.15, 0.2) is 255 Å². The Kier molecular flexibility index (Phi) is 10.8. The van der Waals surface area contributed by atoms with Crippen molar-refractivity contribution in [1.82, 2.24) is 29.9 Å². The van der Waals surface area contributed by atoms with Gasteiger partial charge < -0.3 is 0 Å². The zero-order chi connectivity index (χ0) is 50.8. The van der Waals surface area contributed by atoms with Crippen LogP contribution in [0.3, 0.4) is 0 Å². The van der Waals surface area contributed by atoms with Crippen molar-refractivity contribution in [3.05, 3.63) is 255 Å². The summed E-state index contributed by atoms with van der Waals surface area (Å²) in [5.41, 5.74) is 10.6. The Hall–Kier alpha value is -9.78. The molecule has 0 N–H and O–H groups in total. The molecule has 77 heavy (non-hydrogen) atoms. The molecule has 6 nitrogen and oxygen atoms in total. The van der Waals surface area contributed by atoms with Crippen LogP contribution in [0.1, 0.15) is 0 Å². The molecule has 3 aromatic heterocycles. The summed E-state index contributed by atoms with van der Waals surface area (Å²) >= 11 is 0.0485. The molecule has 0 unspecified atom stereocenters. The van der Waals surface area contributed by atoms with E-state index in [1.54, 1.807) is 0 Å². The molecule has 0 saturated heterocycles. The van der Waals surface area contributed by atoms with Crippen molar-refractivity contribution >= 4 is 76.9 Å². The summed E-state index contributed by atoms with van der Waals surface area (Å²) in [5.74, 6) is 3.85. The van der Waals surface area contributed by atoms with Crippen LogP contribution in [0.2, 0.25) is 0 Å². The predicted molar refractivity (Wildman–Crippen MR) is 319 cm³/mol. The summed E-state index contributed by atoms with van der Waals surface area (Å²) in [4.78, 5) is 31.2. The SMILES string of the molecule is c1ccc(-c2nc(-c3ccccc3)nc(-c3c4ccccc4c(-c4ccc5c(c4)[se]c4cccc(-c6c7ccccc7c(-c7nc(-c8ccccc8)nc(-c8ccccc8)n7)c7ccccc67)c45)c4ccccc34)n2)cc1. The fraction of sp³-hybridized carbons (Fsp3) is 0. The molecule has 0 aliphatic carbocycles. The van der Waals surface area contributed by atoms with E-state index in [-0.39, 0.29) is 14.5 Å². The van der Waals surface area contributed by atoms with Crippen molar-refractivity contribution in [3.63, 3.8) is 0 Å². The van der Waals surface area contributed by atoms with E-state index >= 15 is 0 Å². The van der Waals surface area contributed by atoms with Crippen LogP contribution in [0.4, 0.5) is 0 Å². The molecule has 0 bridgehead atoms. The normalized spacial score (nSPS) is 11.6. The smallest absolute Gasteiger partial charge is 0.0615 e. The van der Waals surface area contributed by atoms with E-state index < -0.39 is 0 Å². The first-order valence-corrected chi connectivity index (χ1v) is 27.5. The van der Waals surface area contributed by atoms with Crippen LogP contribution in [0.5, 0.6) is 0 Å². The first kappa shape index (κ1) is 44.7. The molecular weight excluding hydrogens is 1000 g/mol. The summed E-state index contributed by atoms with van der Waals surface area (Å²) in [6.45, 7) is 0. The maximum atomic E-state index is 5.28. The molecule has 12 aromatic carbocycles. The second-order valence-corrected chi connectivity index (χ2v) is 21.5. The van der Waals surface area contributed by atoms with Crippen LogP contribution in [-0.2, 0) is 0 Å². The number of fused-ring (bicyclic) bond motifs is 7. The predicted octanol–water partition coefficient (Wildman–Crippen LogP) is 17.4. The molecule has 0 spiro atoms. The van der Waals surface area contributed by atoms with Crippen molar-refractivity contribution in [3.8, 4) is 90.6 Å². The van der Waals surface area contributed by atoms with Crippen molar-refractivity contribution in [2.24, 2.45) is 0 Å². The van der Waals surface area contributed by atoms with Crippen LogP contribution in [0, 0.1) is 0 Å². The van der Waals surface area contributed by atoms with Crippen molar-refractivity contribution in [1.29, 1.82) is 0 Å². The van der Waals surface area contributed by atoms with Gasteiger partial charge in [-0.1, -0.05) is 72.8 Å². The Morgan fingerprint density at radius 1 is 0.208 bits per heavy atom. The molecule has 15 rings (SSSR count). The zero-order valence-corrected chi connectivity index (χ0v) is 43.1. The first-order chi connectivity index (χ1) is 38.2. The molecule has 7 heteroatoms. The van der Waals surface area contributed by atoms with Gasteiger partial charge in [-0.2, -0.15) is 0 Å². The van der Waals surface area contributed by atoms with E-state index in [2.05, 4.69) is 182 Å². The van der Waals surface area contributed by atoms with E-state index in [9.17, 15) is 0 Å². The number of benzene rings is 12. The quantitative estimate of drug-likeness (QED) is 0.111. The Labute approximate surface area is 449 Å². The monoisotopic (exact) mass is 1050 g/mol. The Morgan fingerprint density at radius 3 is 0.909 bits per heavy atom. The van der Waals surface area contributed by atoms with Gasteiger partial charge in [0.15, 0.2) is 0 Å². The minimum absolute atomic E-state index is 0.0485. The Morgan fingerprint density at radius 2 is 0.532 bits per heavy atom. The maximum absolute atomic E-state index is 5.28. The average Bonchev–Trinajstić information content (AvgIpc) is 4.13. The minimum Gasteiger partial charge on any atom is -0.0615 e. The molecule has 0 aliphatic heterocycles. The standard InChI is InChI=1S/C70H42N6Se/c1-5-22-43(23-6-1)65-71-66(44-24-7-2-8-25-44)74-69(73-65)63-52-34-17-13-30-48(52)60(49-31-14-18-35-53(49)63)47-40-41-56-59(42-47)77-58-39-21-38-57(62(56)58)61-50-32-15-19-36-54(50)64(55-37-20-16-33-51(55)61)70-75-67(45-26-9-3-10-27-45)72-68(76-70)46-28-11-4-12-29-46/h1-42H. The van der Waals surface area contributed by atoms with Gasteiger partial charge in [-0.15, -0.1) is 0 Å². The molecule has 0 saturated carbocycles. The molecule has 0 amide bonds. The van der Waals surface area contributed by atoms with E-state index in [0.717, 1.165) is 76.5 Å². The van der Waals surface area contributed by atoms with Crippen LogP contribution in [-0.4, -0.2) is 44.4 Å². The third-order valence-corrected chi connectivity index (χ3v) is 17.1. The van der Waals surface area contributed by atoms with Gasteiger partial charge in [0.05, 0.1) is 0 Å². The summed E-state index contributed by atoms with van der Waals surface area (Å²) in [7, 11) is 0. The summed E-state index contributed by atoms with van der Waals surface area (Å²) in [5, 5.41) is 11.6. The third kappa shape index (κ3) is 7.63. The molecule has 3 heterocycles. The number of hydrogen-bond acceptors (Lipinski definition) is 6. The van der Waals surface area contributed by atoms with Crippen LogP contribution < -0.4 is 0 Å². The molecule has 358 valence electrons. The molecule has 0 radical (unpaired) electrons. The van der Waals surface area contributed by atoms with E-state index in [1.807, 2.05) is 72.8 Å².